The number of ether oxygens (including phenoxy) is 1. The van der Waals surface area contributed by atoms with E-state index in [1.165, 1.54) is 6.42 Å². The van der Waals surface area contributed by atoms with E-state index < -0.39 is 0 Å². The normalized spacial score (nSPS) is 23.0. The maximum absolute atomic E-state index is 6.12. The van der Waals surface area contributed by atoms with Gasteiger partial charge in [-0.25, -0.2) is 4.98 Å². The maximum atomic E-state index is 6.12. The molecule has 2 aromatic heterocycles. The summed E-state index contributed by atoms with van der Waals surface area (Å²) in [6.45, 7) is 2.11. The molecule has 2 heterocycles. The summed E-state index contributed by atoms with van der Waals surface area (Å²) in [5, 5.41) is 4.58. The van der Waals surface area contributed by atoms with Crippen molar-refractivity contribution in [1.29, 1.82) is 0 Å². The minimum atomic E-state index is 0.245. The van der Waals surface area contributed by atoms with E-state index in [9.17, 15) is 0 Å². The predicted octanol–water partition coefficient (Wildman–Crippen LogP) is 2.81. The molecule has 0 aliphatic heterocycles. The SMILES string of the molecule is CCc1nn(C)c2c1nc(CCl)n2C1CCCC1OC. The summed E-state index contributed by atoms with van der Waals surface area (Å²) in [7, 11) is 3.77. The Hall–Kier alpha value is -1.07. The second kappa shape index (κ2) is 5.37. The van der Waals surface area contributed by atoms with Crippen LogP contribution in [-0.2, 0) is 24.1 Å². The summed E-state index contributed by atoms with van der Waals surface area (Å²) >= 11 is 6.12. The molecule has 20 heavy (non-hydrogen) atoms. The van der Waals surface area contributed by atoms with Crippen molar-refractivity contribution in [2.24, 2.45) is 7.05 Å². The molecule has 110 valence electrons. The number of hydrogen-bond acceptors (Lipinski definition) is 3. The van der Waals surface area contributed by atoms with Gasteiger partial charge in [0.1, 0.15) is 11.3 Å². The molecule has 2 aromatic rings. The van der Waals surface area contributed by atoms with Crippen molar-refractivity contribution in [3.63, 3.8) is 0 Å². The number of alkyl halides is 1. The van der Waals surface area contributed by atoms with Gasteiger partial charge in [0.15, 0.2) is 5.65 Å². The fraction of sp³-hybridized carbons (Fsp3) is 0.714. The Morgan fingerprint density at radius 1 is 1.40 bits per heavy atom. The molecular weight excluding hydrogens is 276 g/mol. The zero-order chi connectivity index (χ0) is 14.3. The molecule has 5 nitrogen and oxygen atoms in total. The first-order chi connectivity index (χ1) is 9.71. The summed E-state index contributed by atoms with van der Waals surface area (Å²) in [4.78, 5) is 4.73. The van der Waals surface area contributed by atoms with Gasteiger partial charge in [-0.3, -0.25) is 4.68 Å². The van der Waals surface area contributed by atoms with Crippen LogP contribution in [0.5, 0.6) is 0 Å². The Morgan fingerprint density at radius 3 is 2.85 bits per heavy atom. The zero-order valence-electron chi connectivity index (χ0n) is 12.3. The van der Waals surface area contributed by atoms with Crippen molar-refractivity contribution in [1.82, 2.24) is 19.3 Å². The van der Waals surface area contributed by atoms with E-state index in [1.807, 2.05) is 11.7 Å². The van der Waals surface area contributed by atoms with Crippen LogP contribution in [0.4, 0.5) is 0 Å². The predicted molar refractivity (Wildman–Crippen MR) is 79.1 cm³/mol. The monoisotopic (exact) mass is 296 g/mol. The number of hydrogen-bond donors (Lipinski definition) is 0. The van der Waals surface area contributed by atoms with Crippen LogP contribution in [0.15, 0.2) is 0 Å². The lowest BCUT2D eigenvalue weighted by Gasteiger charge is -2.22. The Kier molecular flexibility index (Phi) is 3.73. The van der Waals surface area contributed by atoms with Crippen LogP contribution in [0.2, 0.25) is 0 Å². The highest BCUT2D eigenvalue weighted by molar-refractivity contribution is 6.16. The molecule has 0 bridgehead atoms. The molecule has 0 N–H and O–H groups in total. The van der Waals surface area contributed by atoms with Gasteiger partial charge in [0.25, 0.3) is 0 Å². The first-order valence-electron chi connectivity index (χ1n) is 7.22. The molecule has 1 aliphatic carbocycles. The number of nitrogens with zero attached hydrogens (tertiary/aromatic N) is 4. The fourth-order valence-electron chi connectivity index (χ4n) is 3.41. The van der Waals surface area contributed by atoms with Gasteiger partial charge in [-0.15, -0.1) is 11.6 Å². The summed E-state index contributed by atoms with van der Waals surface area (Å²) in [5.74, 6) is 1.35. The summed E-state index contributed by atoms with van der Waals surface area (Å²) in [5.41, 5.74) is 3.11. The quantitative estimate of drug-likeness (QED) is 0.815. The van der Waals surface area contributed by atoms with E-state index in [0.29, 0.717) is 11.9 Å². The second-order valence-electron chi connectivity index (χ2n) is 5.40. The zero-order valence-corrected chi connectivity index (χ0v) is 13.0. The number of imidazole rings is 1. The number of halogens is 1. The lowest BCUT2D eigenvalue weighted by atomic mass is 10.2. The van der Waals surface area contributed by atoms with Gasteiger partial charge in [-0.1, -0.05) is 6.92 Å². The summed E-state index contributed by atoms with van der Waals surface area (Å²) in [6.07, 6.45) is 4.52. The Morgan fingerprint density at radius 2 is 2.20 bits per heavy atom. The van der Waals surface area contributed by atoms with E-state index in [0.717, 1.165) is 41.9 Å². The number of rotatable bonds is 4. The molecule has 1 aliphatic rings. The van der Waals surface area contributed by atoms with Gasteiger partial charge in [0, 0.05) is 14.2 Å². The number of methoxy groups -OCH3 is 1. The van der Waals surface area contributed by atoms with Crippen LogP contribution in [0.1, 0.15) is 43.7 Å². The van der Waals surface area contributed by atoms with E-state index in [1.54, 1.807) is 7.11 Å². The van der Waals surface area contributed by atoms with Crippen LogP contribution >= 0.6 is 11.6 Å². The molecule has 0 amide bonds. The van der Waals surface area contributed by atoms with E-state index in [4.69, 9.17) is 21.3 Å². The Bertz CT molecular complexity index is 618. The molecule has 0 radical (unpaired) electrons. The third kappa shape index (κ3) is 1.95. The van der Waals surface area contributed by atoms with E-state index in [2.05, 4.69) is 16.6 Å². The summed E-state index contributed by atoms with van der Waals surface area (Å²) < 4.78 is 9.84. The lowest BCUT2D eigenvalue weighted by Crippen LogP contribution is -2.23. The van der Waals surface area contributed by atoms with Crippen LogP contribution in [-0.4, -0.2) is 32.5 Å². The smallest absolute Gasteiger partial charge is 0.159 e. The van der Waals surface area contributed by atoms with Crippen molar-refractivity contribution in [3.8, 4) is 0 Å². The Balaban J connectivity index is 2.19. The molecule has 0 spiro atoms. The largest absolute Gasteiger partial charge is 0.379 e. The molecule has 1 saturated carbocycles. The van der Waals surface area contributed by atoms with Gasteiger partial charge in [0.05, 0.1) is 23.7 Å². The molecule has 2 atom stereocenters. The van der Waals surface area contributed by atoms with E-state index in [-0.39, 0.29) is 6.10 Å². The third-order valence-corrected chi connectivity index (χ3v) is 4.56. The average Bonchev–Trinajstić information content (AvgIpc) is 3.12. The molecule has 0 saturated heterocycles. The molecule has 3 rings (SSSR count). The standard InChI is InChI=1S/C14H21ClN4O/c1-4-9-13-14(18(2)17-9)19(12(8-15)16-13)10-6-5-7-11(10)20-3/h10-11H,4-8H2,1-3H3. The highest BCUT2D eigenvalue weighted by Crippen LogP contribution is 2.36. The first kappa shape index (κ1) is 13.9. The van der Waals surface area contributed by atoms with Crippen molar-refractivity contribution >= 4 is 22.8 Å². The maximum Gasteiger partial charge on any atom is 0.159 e. The number of fused-ring (bicyclic) bond motifs is 1. The molecule has 1 fully saturated rings. The van der Waals surface area contributed by atoms with Crippen molar-refractivity contribution < 1.29 is 4.74 Å². The van der Waals surface area contributed by atoms with Gasteiger partial charge in [-0.2, -0.15) is 5.10 Å². The Labute approximate surface area is 123 Å². The number of aromatic nitrogens is 4. The number of aryl methyl sites for hydroxylation is 2. The lowest BCUT2D eigenvalue weighted by molar-refractivity contribution is 0.0751. The topological polar surface area (TPSA) is 44.9 Å². The van der Waals surface area contributed by atoms with Crippen LogP contribution in [0.3, 0.4) is 0 Å². The van der Waals surface area contributed by atoms with Gasteiger partial charge in [0.2, 0.25) is 0 Å². The van der Waals surface area contributed by atoms with Crippen molar-refractivity contribution in [2.75, 3.05) is 7.11 Å². The van der Waals surface area contributed by atoms with Crippen molar-refractivity contribution in [2.45, 2.75) is 50.6 Å². The molecule has 0 aromatic carbocycles. The molecule has 6 heteroatoms. The van der Waals surface area contributed by atoms with Gasteiger partial charge < -0.3 is 9.30 Å². The second-order valence-corrected chi connectivity index (χ2v) is 5.67. The minimum Gasteiger partial charge on any atom is -0.379 e. The summed E-state index contributed by atoms with van der Waals surface area (Å²) in [6, 6.07) is 0.318. The van der Waals surface area contributed by atoms with Gasteiger partial charge >= 0.3 is 0 Å². The van der Waals surface area contributed by atoms with Crippen molar-refractivity contribution in [3.05, 3.63) is 11.5 Å². The van der Waals surface area contributed by atoms with Crippen LogP contribution < -0.4 is 0 Å². The highest BCUT2D eigenvalue weighted by Gasteiger charge is 2.33. The van der Waals surface area contributed by atoms with Gasteiger partial charge in [-0.05, 0) is 25.7 Å². The molecule has 2 unspecified atom stereocenters. The third-order valence-electron chi connectivity index (χ3n) is 4.32. The highest BCUT2D eigenvalue weighted by atomic mass is 35.5. The van der Waals surface area contributed by atoms with E-state index >= 15 is 0 Å². The molecular formula is C14H21ClN4O. The first-order valence-corrected chi connectivity index (χ1v) is 7.76. The van der Waals surface area contributed by atoms with Crippen LogP contribution in [0.25, 0.3) is 11.2 Å². The fourth-order valence-corrected chi connectivity index (χ4v) is 3.59. The average molecular weight is 297 g/mol. The van der Waals surface area contributed by atoms with Crippen LogP contribution in [0, 0.1) is 0 Å². The minimum absolute atomic E-state index is 0.245.